The topological polar surface area (TPSA) is 130 Å². The molecule has 2 atom stereocenters. The summed E-state index contributed by atoms with van der Waals surface area (Å²) in [6, 6.07) is -0.940. The monoisotopic (exact) mass is 412 g/mol. The fraction of sp³-hybridized carbons (Fsp3) is 0.550. The fourth-order valence-corrected chi connectivity index (χ4v) is 4.82. The van der Waals surface area contributed by atoms with E-state index in [0.29, 0.717) is 48.7 Å². The smallest absolute Gasteiger partial charge is 0.243 e. The Balaban J connectivity index is 1.40. The SMILES string of the molecule is CC1=C(N2CC2)C(=O)c2nc3n(c2C1=O)CC[C@@H]3NC(=O)[C@@H]1CCCN1C(=O)CN. The summed E-state index contributed by atoms with van der Waals surface area (Å²) in [5.41, 5.74) is 6.89. The number of rotatable bonds is 4. The number of fused-ring (bicyclic) bond motifs is 3. The maximum Gasteiger partial charge on any atom is 0.243 e. The lowest BCUT2D eigenvalue weighted by Gasteiger charge is -2.24. The van der Waals surface area contributed by atoms with Crippen LogP contribution in [0.15, 0.2) is 11.3 Å². The van der Waals surface area contributed by atoms with Crippen LogP contribution in [0.1, 0.15) is 59.0 Å². The van der Waals surface area contributed by atoms with Gasteiger partial charge in [0.15, 0.2) is 0 Å². The first-order valence-electron chi connectivity index (χ1n) is 10.4. The van der Waals surface area contributed by atoms with E-state index in [9.17, 15) is 19.2 Å². The molecule has 5 rings (SSSR count). The molecule has 0 spiro atoms. The number of nitrogens with zero attached hydrogens (tertiary/aromatic N) is 4. The highest BCUT2D eigenvalue weighted by Crippen LogP contribution is 2.36. The summed E-state index contributed by atoms with van der Waals surface area (Å²) >= 11 is 0. The number of amides is 2. The summed E-state index contributed by atoms with van der Waals surface area (Å²) in [5, 5.41) is 2.98. The minimum absolute atomic E-state index is 0.125. The molecule has 4 heterocycles. The summed E-state index contributed by atoms with van der Waals surface area (Å²) < 4.78 is 1.76. The van der Waals surface area contributed by atoms with E-state index in [1.54, 1.807) is 11.5 Å². The number of likely N-dealkylation sites (tertiary alicyclic amines) is 1. The molecular weight excluding hydrogens is 388 g/mol. The minimum Gasteiger partial charge on any atom is -0.364 e. The first-order chi connectivity index (χ1) is 14.4. The van der Waals surface area contributed by atoms with E-state index in [0.717, 1.165) is 19.5 Å². The number of carbonyl (C=O) groups excluding carboxylic acids is 4. The first-order valence-corrected chi connectivity index (χ1v) is 10.4. The van der Waals surface area contributed by atoms with Crippen LogP contribution < -0.4 is 11.1 Å². The summed E-state index contributed by atoms with van der Waals surface area (Å²) in [5.74, 6) is -0.346. The molecule has 1 aliphatic carbocycles. The molecule has 158 valence electrons. The molecule has 30 heavy (non-hydrogen) atoms. The Morgan fingerprint density at radius 3 is 2.60 bits per heavy atom. The van der Waals surface area contributed by atoms with E-state index in [2.05, 4.69) is 10.3 Å². The predicted molar refractivity (Wildman–Crippen MR) is 104 cm³/mol. The van der Waals surface area contributed by atoms with Crippen LogP contribution in [0.25, 0.3) is 0 Å². The van der Waals surface area contributed by atoms with Crippen LogP contribution in [0.3, 0.4) is 0 Å². The molecule has 1 aromatic rings. The maximum atomic E-state index is 13.0. The van der Waals surface area contributed by atoms with E-state index in [4.69, 9.17) is 5.73 Å². The number of ketones is 2. The van der Waals surface area contributed by atoms with Gasteiger partial charge >= 0.3 is 0 Å². The molecule has 2 amide bonds. The highest BCUT2D eigenvalue weighted by Gasteiger charge is 2.43. The number of carbonyl (C=O) groups is 4. The Labute approximate surface area is 173 Å². The van der Waals surface area contributed by atoms with Gasteiger partial charge in [-0.3, -0.25) is 19.2 Å². The van der Waals surface area contributed by atoms with Gasteiger partial charge in [-0.1, -0.05) is 0 Å². The van der Waals surface area contributed by atoms with Crippen LogP contribution in [0, 0.1) is 0 Å². The molecule has 2 fully saturated rings. The van der Waals surface area contributed by atoms with Crippen LogP contribution in [-0.4, -0.2) is 75.0 Å². The van der Waals surface area contributed by atoms with E-state index < -0.39 is 12.1 Å². The Hall–Kier alpha value is -3.01. The summed E-state index contributed by atoms with van der Waals surface area (Å²) in [6.45, 7) is 4.13. The van der Waals surface area contributed by atoms with Gasteiger partial charge in [0.05, 0.1) is 18.3 Å². The Morgan fingerprint density at radius 2 is 1.90 bits per heavy atom. The molecule has 10 heteroatoms. The number of imidazole rings is 1. The molecule has 0 saturated carbocycles. The van der Waals surface area contributed by atoms with Crippen molar-refractivity contribution in [2.45, 2.75) is 44.8 Å². The van der Waals surface area contributed by atoms with Gasteiger partial charge in [-0.2, -0.15) is 0 Å². The number of allylic oxidation sites excluding steroid dienone is 2. The molecule has 3 aliphatic heterocycles. The maximum absolute atomic E-state index is 13.0. The number of nitrogens with two attached hydrogens (primary N) is 1. The van der Waals surface area contributed by atoms with Gasteiger partial charge in [0.1, 0.15) is 23.3 Å². The third kappa shape index (κ3) is 2.70. The zero-order valence-electron chi connectivity index (χ0n) is 16.8. The number of aromatic nitrogens is 2. The largest absolute Gasteiger partial charge is 0.364 e. The second kappa shape index (κ2) is 6.76. The van der Waals surface area contributed by atoms with Gasteiger partial charge in [-0.25, -0.2) is 4.98 Å². The van der Waals surface area contributed by atoms with Gasteiger partial charge in [-0.15, -0.1) is 0 Å². The number of nitrogens with one attached hydrogen (secondary N) is 1. The van der Waals surface area contributed by atoms with E-state index >= 15 is 0 Å². The zero-order valence-corrected chi connectivity index (χ0v) is 16.8. The van der Waals surface area contributed by atoms with Crippen molar-refractivity contribution in [1.82, 2.24) is 24.7 Å². The molecule has 0 unspecified atom stereocenters. The van der Waals surface area contributed by atoms with Crippen molar-refractivity contribution < 1.29 is 19.2 Å². The average molecular weight is 412 g/mol. The highest BCUT2D eigenvalue weighted by atomic mass is 16.2. The lowest BCUT2D eigenvalue weighted by molar-refractivity contribution is -0.137. The van der Waals surface area contributed by atoms with Crippen LogP contribution in [-0.2, 0) is 16.1 Å². The van der Waals surface area contributed by atoms with Crippen LogP contribution >= 0.6 is 0 Å². The van der Waals surface area contributed by atoms with Crippen LogP contribution in [0.4, 0.5) is 0 Å². The molecule has 3 N–H and O–H groups in total. The molecule has 1 aromatic heterocycles. The minimum atomic E-state index is -0.541. The zero-order chi connectivity index (χ0) is 21.2. The van der Waals surface area contributed by atoms with Gasteiger partial charge in [-0.05, 0) is 26.2 Å². The molecule has 2 saturated heterocycles. The second-order valence-electron chi connectivity index (χ2n) is 8.24. The van der Waals surface area contributed by atoms with Crippen molar-refractivity contribution in [2.75, 3.05) is 26.2 Å². The van der Waals surface area contributed by atoms with Crippen LogP contribution in [0.5, 0.6) is 0 Å². The van der Waals surface area contributed by atoms with Crippen molar-refractivity contribution >= 4 is 23.4 Å². The summed E-state index contributed by atoms with van der Waals surface area (Å²) in [4.78, 5) is 58.8. The van der Waals surface area contributed by atoms with E-state index in [1.165, 1.54) is 4.90 Å². The van der Waals surface area contributed by atoms with Crippen molar-refractivity contribution in [1.29, 1.82) is 0 Å². The number of hydrogen-bond donors (Lipinski definition) is 2. The number of Topliss-reactive ketones (excluding diaryl/α,β-unsaturated/α-hetero) is 2. The highest BCUT2D eigenvalue weighted by molar-refractivity contribution is 6.25. The van der Waals surface area contributed by atoms with Crippen molar-refractivity contribution in [2.24, 2.45) is 5.73 Å². The first kappa shape index (κ1) is 19.0. The second-order valence-corrected chi connectivity index (χ2v) is 8.24. The van der Waals surface area contributed by atoms with Gasteiger partial charge in [0.2, 0.25) is 23.4 Å². The van der Waals surface area contributed by atoms with Gasteiger partial charge in [0, 0.05) is 31.8 Å². The summed E-state index contributed by atoms with van der Waals surface area (Å²) in [6.07, 6.45) is 1.93. The van der Waals surface area contributed by atoms with Crippen molar-refractivity contribution in [3.05, 3.63) is 28.5 Å². The average Bonchev–Trinajstić information content (AvgIpc) is 3.16. The standard InChI is InChI=1S/C20H24N6O4/c1-10-15(24-7-8-24)18(29)14-16(17(10)28)26-6-4-11(19(26)23-14)22-20(30)12-3-2-5-25(12)13(27)9-21/h11-12H,2-9,21H2,1H3,(H,22,30)/t11-,12-/m0/s1. The Morgan fingerprint density at radius 1 is 1.13 bits per heavy atom. The third-order valence-electron chi connectivity index (χ3n) is 6.42. The normalized spacial score (nSPS) is 25.0. The third-order valence-corrected chi connectivity index (χ3v) is 6.42. The molecule has 0 radical (unpaired) electrons. The number of hydrogen-bond acceptors (Lipinski definition) is 7. The fourth-order valence-electron chi connectivity index (χ4n) is 4.82. The quantitative estimate of drug-likeness (QED) is 0.629. The van der Waals surface area contributed by atoms with Crippen molar-refractivity contribution in [3.8, 4) is 0 Å². The van der Waals surface area contributed by atoms with E-state index in [-0.39, 0.29) is 35.6 Å². The molecule has 0 bridgehead atoms. The lowest BCUT2D eigenvalue weighted by Crippen LogP contribution is -2.48. The van der Waals surface area contributed by atoms with Gasteiger partial charge in [0.25, 0.3) is 0 Å². The molecule has 10 nitrogen and oxygen atoms in total. The predicted octanol–water partition coefficient (Wildman–Crippen LogP) is -0.638. The van der Waals surface area contributed by atoms with Gasteiger partial charge < -0.3 is 25.4 Å². The Bertz CT molecular complexity index is 1020. The van der Waals surface area contributed by atoms with Crippen molar-refractivity contribution in [3.63, 3.8) is 0 Å². The van der Waals surface area contributed by atoms with E-state index in [1.807, 2.05) is 4.90 Å². The molecule has 4 aliphatic rings. The molecular formula is C20H24N6O4. The Kier molecular flexibility index (Phi) is 4.28. The van der Waals surface area contributed by atoms with Crippen LogP contribution in [0.2, 0.25) is 0 Å². The lowest BCUT2D eigenvalue weighted by atomic mass is 9.95. The molecule has 0 aromatic carbocycles. The summed E-state index contributed by atoms with van der Waals surface area (Å²) in [7, 11) is 0.